The lowest BCUT2D eigenvalue weighted by Gasteiger charge is -2.47. The third kappa shape index (κ3) is 4.60. The Morgan fingerprint density at radius 1 is 1.11 bits per heavy atom. The summed E-state index contributed by atoms with van der Waals surface area (Å²) in [5.74, 6) is 2.76. The monoisotopic (exact) mass is 374 g/mol. The van der Waals surface area contributed by atoms with E-state index < -0.39 is 0 Å². The van der Waals surface area contributed by atoms with Gasteiger partial charge in [0.05, 0.1) is 0 Å². The zero-order valence-corrected chi connectivity index (χ0v) is 16.8. The summed E-state index contributed by atoms with van der Waals surface area (Å²) in [6.07, 6.45) is 6.49. The standard InChI is InChI=1S/C19H34N8/c1-15-23-24-18(25(15)2)13-21-19(22-16-6-4-3-5-7-16)20-12-17-14-26-8-10-27(17)11-9-26/h16-17H,3-14H2,1-2H3,(H2,20,21,22). The maximum atomic E-state index is 4.85. The molecule has 1 unspecified atom stereocenters. The van der Waals surface area contributed by atoms with E-state index >= 15 is 0 Å². The average molecular weight is 375 g/mol. The summed E-state index contributed by atoms with van der Waals surface area (Å²) in [4.78, 5) is 10.1. The maximum Gasteiger partial charge on any atom is 0.191 e. The number of rotatable bonds is 5. The van der Waals surface area contributed by atoms with Gasteiger partial charge in [0.1, 0.15) is 12.4 Å². The number of nitrogens with zero attached hydrogens (tertiary/aromatic N) is 6. The van der Waals surface area contributed by atoms with E-state index in [4.69, 9.17) is 4.99 Å². The fourth-order valence-electron chi connectivity index (χ4n) is 4.46. The molecule has 8 nitrogen and oxygen atoms in total. The molecule has 2 bridgehead atoms. The average Bonchev–Trinajstić information content (AvgIpc) is 3.04. The predicted octanol–water partition coefficient (Wildman–Crippen LogP) is 0.491. The first-order chi connectivity index (χ1) is 13.2. The minimum absolute atomic E-state index is 0.540. The van der Waals surface area contributed by atoms with E-state index in [2.05, 4.69) is 30.6 Å². The van der Waals surface area contributed by atoms with E-state index in [9.17, 15) is 0 Å². The van der Waals surface area contributed by atoms with Gasteiger partial charge in [0, 0.05) is 58.4 Å². The highest BCUT2D eigenvalue weighted by atomic mass is 15.4. The molecule has 0 amide bonds. The SMILES string of the molecule is Cc1nnc(CN=C(NCC2CN3CCN2CC3)NC2CCCCC2)n1C. The fourth-order valence-corrected chi connectivity index (χ4v) is 4.46. The third-order valence-electron chi connectivity index (χ3n) is 6.40. The van der Waals surface area contributed by atoms with Crippen molar-refractivity contribution in [2.45, 2.75) is 57.7 Å². The topological polar surface area (TPSA) is 73.6 Å². The molecule has 1 aliphatic carbocycles. The number of hydrogen-bond acceptors (Lipinski definition) is 5. The van der Waals surface area contributed by atoms with Gasteiger partial charge in [-0.2, -0.15) is 0 Å². The smallest absolute Gasteiger partial charge is 0.191 e. The molecule has 1 saturated carbocycles. The highest BCUT2D eigenvalue weighted by molar-refractivity contribution is 5.80. The summed E-state index contributed by atoms with van der Waals surface area (Å²) in [6.45, 7) is 9.51. The molecular formula is C19H34N8. The molecule has 5 rings (SSSR count). The second-order valence-electron chi connectivity index (χ2n) is 8.24. The van der Waals surface area contributed by atoms with E-state index in [0.717, 1.165) is 24.2 Å². The largest absolute Gasteiger partial charge is 0.355 e. The van der Waals surface area contributed by atoms with Crippen LogP contribution in [0.3, 0.4) is 0 Å². The van der Waals surface area contributed by atoms with Gasteiger partial charge in [0.2, 0.25) is 0 Å². The summed E-state index contributed by atoms with van der Waals surface area (Å²) in [7, 11) is 2.00. The van der Waals surface area contributed by atoms with Crippen molar-refractivity contribution < 1.29 is 0 Å². The van der Waals surface area contributed by atoms with Crippen LogP contribution in [0.25, 0.3) is 0 Å². The lowest BCUT2D eigenvalue weighted by molar-refractivity contribution is 0.0154. The first-order valence-corrected chi connectivity index (χ1v) is 10.5. The summed E-state index contributed by atoms with van der Waals surface area (Å²) in [5.41, 5.74) is 0. The van der Waals surface area contributed by atoms with Gasteiger partial charge in [0.15, 0.2) is 11.8 Å². The second kappa shape index (κ2) is 8.56. The van der Waals surface area contributed by atoms with E-state index in [1.807, 2.05) is 18.5 Å². The Labute approximate surface area is 162 Å². The first-order valence-electron chi connectivity index (χ1n) is 10.5. The minimum atomic E-state index is 0.540. The van der Waals surface area contributed by atoms with Crippen LogP contribution in [-0.4, -0.2) is 81.9 Å². The number of fused-ring (bicyclic) bond motifs is 3. The molecule has 1 aromatic heterocycles. The van der Waals surface area contributed by atoms with Crippen LogP contribution in [0.1, 0.15) is 43.8 Å². The predicted molar refractivity (Wildman–Crippen MR) is 107 cm³/mol. The molecular weight excluding hydrogens is 340 g/mol. The van der Waals surface area contributed by atoms with Gasteiger partial charge in [0.25, 0.3) is 0 Å². The van der Waals surface area contributed by atoms with Crippen LogP contribution in [0.4, 0.5) is 0 Å². The van der Waals surface area contributed by atoms with Crippen LogP contribution >= 0.6 is 0 Å². The zero-order valence-electron chi connectivity index (χ0n) is 16.8. The van der Waals surface area contributed by atoms with Gasteiger partial charge in [-0.25, -0.2) is 4.99 Å². The zero-order chi connectivity index (χ0) is 18.6. The van der Waals surface area contributed by atoms with Gasteiger partial charge >= 0.3 is 0 Å². The van der Waals surface area contributed by atoms with Gasteiger partial charge in [-0.15, -0.1) is 10.2 Å². The van der Waals surface area contributed by atoms with Crippen molar-refractivity contribution in [2.75, 3.05) is 39.3 Å². The van der Waals surface area contributed by atoms with Crippen LogP contribution in [0.15, 0.2) is 4.99 Å². The Kier molecular flexibility index (Phi) is 5.92. The Balaban J connectivity index is 1.38. The highest BCUT2D eigenvalue weighted by Crippen LogP contribution is 2.18. The Morgan fingerprint density at radius 3 is 2.52 bits per heavy atom. The molecule has 4 heterocycles. The normalized spacial score (nSPS) is 29.1. The molecule has 150 valence electrons. The number of nitrogens with one attached hydrogen (secondary N) is 2. The Morgan fingerprint density at radius 2 is 1.89 bits per heavy atom. The van der Waals surface area contributed by atoms with E-state index in [-0.39, 0.29) is 0 Å². The minimum Gasteiger partial charge on any atom is -0.355 e. The highest BCUT2D eigenvalue weighted by Gasteiger charge is 2.31. The molecule has 27 heavy (non-hydrogen) atoms. The number of hydrogen-bond donors (Lipinski definition) is 2. The van der Waals surface area contributed by atoms with Crippen LogP contribution in [0.5, 0.6) is 0 Å². The van der Waals surface area contributed by atoms with Gasteiger partial charge < -0.3 is 15.2 Å². The lowest BCUT2D eigenvalue weighted by Crippen LogP contribution is -2.64. The van der Waals surface area contributed by atoms with Crippen molar-refractivity contribution in [3.63, 3.8) is 0 Å². The molecule has 3 saturated heterocycles. The summed E-state index contributed by atoms with van der Waals surface area (Å²) in [5, 5.41) is 15.7. The third-order valence-corrected chi connectivity index (χ3v) is 6.40. The van der Waals surface area contributed by atoms with Crippen molar-refractivity contribution in [1.82, 2.24) is 35.2 Å². The Hall–Kier alpha value is -1.67. The number of aryl methyl sites for hydroxylation is 1. The maximum absolute atomic E-state index is 4.85. The molecule has 0 radical (unpaired) electrons. The molecule has 0 spiro atoms. The van der Waals surface area contributed by atoms with Crippen molar-refractivity contribution >= 4 is 5.96 Å². The molecule has 1 aromatic rings. The van der Waals surface area contributed by atoms with Crippen molar-refractivity contribution in [3.8, 4) is 0 Å². The summed E-state index contributed by atoms with van der Waals surface area (Å²) in [6, 6.07) is 1.13. The van der Waals surface area contributed by atoms with E-state index in [0.29, 0.717) is 18.6 Å². The molecule has 4 fully saturated rings. The fraction of sp³-hybridized carbons (Fsp3) is 0.842. The summed E-state index contributed by atoms with van der Waals surface area (Å²) < 4.78 is 2.01. The van der Waals surface area contributed by atoms with Gasteiger partial charge in [-0.1, -0.05) is 19.3 Å². The molecule has 8 heteroatoms. The van der Waals surface area contributed by atoms with Gasteiger partial charge in [-0.3, -0.25) is 9.80 Å². The van der Waals surface area contributed by atoms with Crippen LogP contribution in [0.2, 0.25) is 0 Å². The number of aromatic nitrogens is 3. The van der Waals surface area contributed by atoms with Gasteiger partial charge in [-0.05, 0) is 19.8 Å². The van der Waals surface area contributed by atoms with Crippen molar-refractivity contribution in [3.05, 3.63) is 11.6 Å². The van der Waals surface area contributed by atoms with Crippen LogP contribution < -0.4 is 10.6 Å². The number of piperazine rings is 3. The molecule has 4 aliphatic rings. The number of aliphatic imine (C=N–C) groups is 1. The second-order valence-corrected chi connectivity index (χ2v) is 8.24. The van der Waals surface area contributed by atoms with Crippen molar-refractivity contribution in [2.24, 2.45) is 12.0 Å². The molecule has 0 aromatic carbocycles. The number of guanidine groups is 1. The Bertz CT molecular complexity index is 640. The molecule has 2 N–H and O–H groups in total. The quantitative estimate of drug-likeness (QED) is 0.577. The van der Waals surface area contributed by atoms with Crippen LogP contribution in [-0.2, 0) is 13.6 Å². The lowest BCUT2D eigenvalue weighted by atomic mass is 9.96. The van der Waals surface area contributed by atoms with E-state index in [1.54, 1.807) is 0 Å². The first kappa shape index (κ1) is 18.7. The van der Waals surface area contributed by atoms with Crippen LogP contribution in [0, 0.1) is 6.92 Å². The summed E-state index contributed by atoms with van der Waals surface area (Å²) >= 11 is 0. The van der Waals surface area contributed by atoms with E-state index in [1.165, 1.54) is 64.8 Å². The van der Waals surface area contributed by atoms with Crippen molar-refractivity contribution in [1.29, 1.82) is 0 Å². The molecule has 3 aliphatic heterocycles. The molecule has 1 atom stereocenters.